The molecule has 0 heterocycles. The molecule has 0 atom stereocenters. The van der Waals surface area contributed by atoms with Gasteiger partial charge in [0.1, 0.15) is 0 Å². The normalized spacial score (nSPS) is 11.3. The number of ether oxygens (including phenoxy) is 1. The van der Waals surface area contributed by atoms with Crippen molar-refractivity contribution in [3.63, 3.8) is 0 Å². The molecule has 16 heavy (non-hydrogen) atoms. The summed E-state index contributed by atoms with van der Waals surface area (Å²) in [5.74, 6) is -0.725. The minimum Gasteiger partial charge on any atom is -0.465 e. The molecule has 1 aromatic rings. The van der Waals surface area contributed by atoms with Crippen molar-refractivity contribution in [3.8, 4) is 0 Å². The van der Waals surface area contributed by atoms with Crippen LogP contribution >= 0.6 is 21.7 Å². The van der Waals surface area contributed by atoms with E-state index in [0.717, 1.165) is 25.3 Å². The van der Waals surface area contributed by atoms with Crippen LogP contribution in [0.2, 0.25) is 0 Å². The van der Waals surface area contributed by atoms with Crippen LogP contribution in [0.5, 0.6) is 0 Å². The predicted octanol–water partition coefficient (Wildman–Crippen LogP) is 3.74. The van der Waals surface area contributed by atoms with E-state index in [0.29, 0.717) is 11.0 Å². The smallest absolute Gasteiger partial charge is 0.416 e. The van der Waals surface area contributed by atoms with Gasteiger partial charge in [0.2, 0.25) is 0 Å². The van der Waals surface area contributed by atoms with Crippen molar-refractivity contribution in [2.24, 2.45) is 0 Å². The summed E-state index contributed by atoms with van der Waals surface area (Å²) >= 11 is 0. The van der Waals surface area contributed by atoms with Gasteiger partial charge in [-0.15, -0.1) is 0 Å². The number of carbonyl (C=O) groups excluding carboxylic acids is 1. The lowest BCUT2D eigenvalue weighted by molar-refractivity contribution is -0.137. The van der Waals surface area contributed by atoms with Gasteiger partial charge in [0.25, 0.3) is 0 Å². The van der Waals surface area contributed by atoms with E-state index in [1.807, 2.05) is 0 Å². The Morgan fingerprint density at radius 1 is 1.44 bits per heavy atom. The molecule has 0 aliphatic heterocycles. The number of rotatable bonds is 2. The van der Waals surface area contributed by atoms with Crippen molar-refractivity contribution in [1.82, 2.24) is 0 Å². The first-order chi connectivity index (χ1) is 7.40. The highest BCUT2D eigenvalue weighted by Gasteiger charge is 2.31. The molecule has 0 spiro atoms. The third kappa shape index (κ3) is 2.82. The average molecular weight is 271 g/mol. The van der Waals surface area contributed by atoms with E-state index >= 15 is 0 Å². The highest BCUT2D eigenvalue weighted by Crippen LogP contribution is 2.35. The third-order valence-corrected chi connectivity index (χ3v) is 2.80. The summed E-state index contributed by atoms with van der Waals surface area (Å²) in [6.07, 6.45) is -4.46. The molecular formula is C9H6ClF3O2S. The fraction of sp³-hybridized carbons (Fsp3) is 0.222. The van der Waals surface area contributed by atoms with Crippen molar-refractivity contribution in [3.05, 3.63) is 29.3 Å². The van der Waals surface area contributed by atoms with Crippen LogP contribution in [0.25, 0.3) is 0 Å². The van der Waals surface area contributed by atoms with Gasteiger partial charge in [-0.2, -0.15) is 13.2 Å². The highest BCUT2D eigenvalue weighted by molar-refractivity contribution is 8.21. The number of alkyl halides is 3. The number of methoxy groups -OCH3 is 1. The number of esters is 1. The summed E-state index contributed by atoms with van der Waals surface area (Å²) in [4.78, 5) is 11.2. The topological polar surface area (TPSA) is 26.3 Å². The van der Waals surface area contributed by atoms with Gasteiger partial charge in [-0.25, -0.2) is 4.79 Å². The lowest BCUT2D eigenvalue weighted by Crippen LogP contribution is -2.08. The van der Waals surface area contributed by atoms with E-state index in [1.165, 1.54) is 0 Å². The largest absolute Gasteiger partial charge is 0.465 e. The van der Waals surface area contributed by atoms with Crippen LogP contribution in [0, 0.1) is 0 Å². The Balaban J connectivity index is 3.22. The van der Waals surface area contributed by atoms with E-state index < -0.39 is 17.7 Å². The summed E-state index contributed by atoms with van der Waals surface area (Å²) in [5, 5.41) is 0. The van der Waals surface area contributed by atoms with Crippen molar-refractivity contribution in [2.75, 3.05) is 7.11 Å². The van der Waals surface area contributed by atoms with E-state index in [4.69, 9.17) is 10.7 Å². The van der Waals surface area contributed by atoms with Crippen LogP contribution < -0.4 is 0 Å². The van der Waals surface area contributed by atoms with E-state index in [9.17, 15) is 18.0 Å². The first-order valence-electron chi connectivity index (χ1n) is 3.98. The number of benzene rings is 1. The average Bonchev–Trinajstić information content (AvgIpc) is 2.26. The maximum absolute atomic E-state index is 12.4. The molecule has 2 nitrogen and oxygen atoms in total. The Labute approximate surface area is 98.2 Å². The SMILES string of the molecule is COC(=O)c1ccc(C(F)(F)F)cc1SCl. The first kappa shape index (κ1) is 13.2. The number of carbonyl (C=O) groups is 1. The molecule has 0 saturated heterocycles. The second kappa shape index (κ2) is 4.97. The fourth-order valence-electron chi connectivity index (χ4n) is 1.04. The highest BCUT2D eigenvalue weighted by atomic mass is 35.7. The molecule has 0 aliphatic rings. The molecule has 0 aromatic heterocycles. The molecule has 1 aromatic carbocycles. The molecule has 7 heteroatoms. The first-order valence-corrected chi connectivity index (χ1v) is 5.62. The van der Waals surface area contributed by atoms with Gasteiger partial charge in [-0.1, -0.05) is 0 Å². The monoisotopic (exact) mass is 270 g/mol. The maximum atomic E-state index is 12.4. The Morgan fingerprint density at radius 3 is 2.50 bits per heavy atom. The molecular weight excluding hydrogens is 265 g/mol. The Bertz CT molecular complexity index is 406. The van der Waals surface area contributed by atoms with Gasteiger partial charge in [-0.05, 0) is 39.9 Å². The van der Waals surface area contributed by atoms with Gasteiger partial charge < -0.3 is 4.74 Å². The quantitative estimate of drug-likeness (QED) is 0.766. The minimum absolute atomic E-state index is 0.00972. The summed E-state index contributed by atoms with van der Waals surface area (Å²) in [7, 11) is 7.08. The second-order valence-corrected chi connectivity index (χ2v) is 3.83. The van der Waals surface area contributed by atoms with E-state index in [1.54, 1.807) is 0 Å². The Kier molecular flexibility index (Phi) is 4.09. The zero-order valence-corrected chi connectivity index (χ0v) is 9.54. The molecule has 0 N–H and O–H groups in total. The van der Waals surface area contributed by atoms with Gasteiger partial charge in [0.15, 0.2) is 0 Å². The predicted molar refractivity (Wildman–Crippen MR) is 54.5 cm³/mol. The number of hydrogen-bond donors (Lipinski definition) is 0. The standard InChI is InChI=1S/C9H6ClF3O2S/c1-15-8(14)6-3-2-5(9(11,12)13)4-7(6)16-10/h2-4H,1H3. The molecule has 0 radical (unpaired) electrons. The summed E-state index contributed by atoms with van der Waals surface area (Å²) in [6, 6.07) is 2.66. The zero-order valence-electron chi connectivity index (χ0n) is 7.97. The third-order valence-electron chi connectivity index (χ3n) is 1.80. The minimum atomic E-state index is -4.46. The molecule has 0 saturated carbocycles. The lowest BCUT2D eigenvalue weighted by atomic mass is 10.1. The molecule has 0 unspecified atom stereocenters. The lowest BCUT2D eigenvalue weighted by Gasteiger charge is -2.09. The van der Waals surface area contributed by atoms with Crippen LogP contribution in [0.3, 0.4) is 0 Å². The van der Waals surface area contributed by atoms with Crippen molar-refractivity contribution in [2.45, 2.75) is 11.1 Å². The Hall–Kier alpha value is -0.880. The van der Waals surface area contributed by atoms with Gasteiger partial charge in [0.05, 0.1) is 18.2 Å². The van der Waals surface area contributed by atoms with Crippen molar-refractivity contribution < 1.29 is 22.7 Å². The van der Waals surface area contributed by atoms with Crippen molar-refractivity contribution >= 4 is 27.6 Å². The number of hydrogen-bond acceptors (Lipinski definition) is 3. The van der Waals surface area contributed by atoms with Gasteiger partial charge >= 0.3 is 12.1 Å². The van der Waals surface area contributed by atoms with E-state index in [2.05, 4.69) is 4.74 Å². The van der Waals surface area contributed by atoms with Crippen LogP contribution in [0.1, 0.15) is 15.9 Å². The van der Waals surface area contributed by atoms with Crippen LogP contribution in [0.4, 0.5) is 13.2 Å². The van der Waals surface area contributed by atoms with Gasteiger partial charge in [-0.3, -0.25) is 0 Å². The van der Waals surface area contributed by atoms with Crippen LogP contribution in [0.15, 0.2) is 23.1 Å². The second-order valence-electron chi connectivity index (χ2n) is 2.78. The summed E-state index contributed by atoms with van der Waals surface area (Å²) in [6.45, 7) is 0. The molecule has 0 bridgehead atoms. The Morgan fingerprint density at radius 2 is 2.06 bits per heavy atom. The number of halogens is 4. The summed E-state index contributed by atoms with van der Waals surface area (Å²) in [5.41, 5.74) is -0.848. The zero-order chi connectivity index (χ0) is 12.3. The maximum Gasteiger partial charge on any atom is 0.416 e. The molecule has 1 rings (SSSR count). The fourth-order valence-corrected chi connectivity index (χ4v) is 1.83. The molecule has 88 valence electrons. The van der Waals surface area contributed by atoms with Crippen LogP contribution in [-0.2, 0) is 10.9 Å². The summed E-state index contributed by atoms with van der Waals surface area (Å²) < 4.78 is 41.5. The molecule has 0 amide bonds. The molecule has 0 aliphatic carbocycles. The van der Waals surface area contributed by atoms with Crippen molar-refractivity contribution in [1.29, 1.82) is 0 Å². The van der Waals surface area contributed by atoms with Gasteiger partial charge in [0, 0.05) is 4.90 Å². The molecule has 0 fully saturated rings. The van der Waals surface area contributed by atoms with Crippen LogP contribution in [-0.4, -0.2) is 13.1 Å². The van der Waals surface area contributed by atoms with E-state index in [-0.39, 0.29) is 10.5 Å².